The Morgan fingerprint density at radius 2 is 1.81 bits per heavy atom. The van der Waals surface area contributed by atoms with Crippen LogP contribution in [0.1, 0.15) is 5.76 Å². The predicted octanol–water partition coefficient (Wildman–Crippen LogP) is 5.10. The number of nitrogens with one attached hydrogen (secondary N) is 2. The van der Waals surface area contributed by atoms with E-state index in [4.69, 9.17) is 9.40 Å². The number of aromatic amines is 2. The lowest BCUT2D eigenvalue weighted by Gasteiger charge is -2.11. The quantitative estimate of drug-likeness (QED) is 0.416. The Balaban J connectivity index is 1.64. The smallest absolute Gasteiger partial charge is 0.259 e. The second kappa shape index (κ2) is 7.02. The van der Waals surface area contributed by atoms with Crippen LogP contribution in [-0.2, 0) is 0 Å². The van der Waals surface area contributed by atoms with Crippen LogP contribution in [0.5, 0.6) is 0 Å². The molecule has 0 amide bonds. The summed E-state index contributed by atoms with van der Waals surface area (Å²) in [6, 6.07) is 19.5. The summed E-state index contributed by atoms with van der Waals surface area (Å²) >= 11 is 0. The van der Waals surface area contributed by atoms with E-state index in [2.05, 4.69) is 26.2 Å². The highest BCUT2D eigenvalue weighted by Gasteiger charge is 2.17. The Hall–Kier alpha value is -4.52. The summed E-state index contributed by atoms with van der Waals surface area (Å²) in [5.74, 6) is 1.43. The molecule has 5 heterocycles. The standard InChI is InChI=1S/C25H17N5O2/c1-14-4-7-22(32-14)23-18(15-5-6-20-16(11-15)3-2-9-26-20)12-17-13-19(21-8-10-27-30-21)25(31)29-24(17)28-23/h2-13H,1H3,(H,27,30)(H,28,29,31). The second-order valence-corrected chi connectivity index (χ2v) is 7.63. The van der Waals surface area contributed by atoms with Gasteiger partial charge in [-0.1, -0.05) is 12.1 Å². The lowest BCUT2D eigenvalue weighted by molar-refractivity contribution is 0.547. The number of H-pyrrole nitrogens is 2. The van der Waals surface area contributed by atoms with E-state index in [0.29, 0.717) is 28.4 Å². The van der Waals surface area contributed by atoms with Crippen LogP contribution < -0.4 is 5.56 Å². The molecule has 0 aliphatic carbocycles. The van der Waals surface area contributed by atoms with E-state index in [1.165, 1.54) is 0 Å². The van der Waals surface area contributed by atoms with E-state index in [-0.39, 0.29) is 5.56 Å². The summed E-state index contributed by atoms with van der Waals surface area (Å²) in [5, 5.41) is 8.65. The number of benzene rings is 1. The van der Waals surface area contributed by atoms with Gasteiger partial charge in [-0.25, -0.2) is 4.98 Å². The van der Waals surface area contributed by atoms with Crippen LogP contribution in [0.25, 0.3) is 55.8 Å². The summed E-state index contributed by atoms with van der Waals surface area (Å²) in [4.78, 5) is 24.8. The first-order chi connectivity index (χ1) is 15.7. The van der Waals surface area contributed by atoms with Crippen molar-refractivity contribution in [3.63, 3.8) is 0 Å². The minimum Gasteiger partial charge on any atom is -0.460 e. The molecule has 6 aromatic rings. The number of pyridine rings is 3. The first kappa shape index (κ1) is 18.3. The number of aryl methyl sites for hydroxylation is 1. The van der Waals surface area contributed by atoms with Crippen LogP contribution in [0.4, 0.5) is 0 Å². The normalized spacial score (nSPS) is 11.4. The summed E-state index contributed by atoms with van der Waals surface area (Å²) in [5.41, 5.74) is 4.89. The molecule has 7 heteroatoms. The van der Waals surface area contributed by atoms with Gasteiger partial charge in [-0.3, -0.25) is 14.9 Å². The molecule has 5 aromatic heterocycles. The molecule has 0 saturated heterocycles. The zero-order chi connectivity index (χ0) is 21.7. The van der Waals surface area contributed by atoms with Crippen LogP contribution in [-0.4, -0.2) is 25.1 Å². The third-order valence-electron chi connectivity index (χ3n) is 5.51. The Kier molecular flexibility index (Phi) is 4.01. The maximum atomic E-state index is 12.7. The van der Waals surface area contributed by atoms with Gasteiger partial charge in [0.1, 0.15) is 17.1 Å². The van der Waals surface area contributed by atoms with E-state index in [1.807, 2.05) is 55.5 Å². The maximum absolute atomic E-state index is 12.7. The number of fused-ring (bicyclic) bond motifs is 2. The van der Waals surface area contributed by atoms with E-state index in [9.17, 15) is 4.79 Å². The van der Waals surface area contributed by atoms with Gasteiger partial charge in [0, 0.05) is 28.7 Å². The average Bonchev–Trinajstić information content (AvgIpc) is 3.49. The zero-order valence-electron chi connectivity index (χ0n) is 17.1. The fraction of sp³-hybridized carbons (Fsp3) is 0.0400. The number of nitrogens with zero attached hydrogens (tertiary/aromatic N) is 3. The van der Waals surface area contributed by atoms with E-state index >= 15 is 0 Å². The van der Waals surface area contributed by atoms with Gasteiger partial charge in [0.2, 0.25) is 0 Å². The molecule has 0 fully saturated rings. The van der Waals surface area contributed by atoms with Crippen LogP contribution in [0.2, 0.25) is 0 Å². The van der Waals surface area contributed by atoms with Crippen molar-refractivity contribution in [1.29, 1.82) is 0 Å². The Labute approximate surface area is 181 Å². The molecule has 1 aromatic carbocycles. The molecule has 0 aliphatic rings. The molecule has 0 unspecified atom stereocenters. The summed E-state index contributed by atoms with van der Waals surface area (Å²) in [6.07, 6.45) is 3.40. The second-order valence-electron chi connectivity index (χ2n) is 7.63. The Morgan fingerprint density at radius 3 is 2.62 bits per heavy atom. The van der Waals surface area contributed by atoms with Gasteiger partial charge < -0.3 is 9.40 Å². The van der Waals surface area contributed by atoms with E-state index in [0.717, 1.165) is 33.2 Å². The van der Waals surface area contributed by atoms with Crippen LogP contribution in [0.3, 0.4) is 0 Å². The molecule has 6 rings (SSSR count). The lowest BCUT2D eigenvalue weighted by Crippen LogP contribution is -2.10. The first-order valence-corrected chi connectivity index (χ1v) is 10.2. The van der Waals surface area contributed by atoms with Crippen molar-refractivity contribution in [3.05, 3.63) is 89.2 Å². The molecule has 2 N–H and O–H groups in total. The van der Waals surface area contributed by atoms with Gasteiger partial charge in [-0.2, -0.15) is 5.10 Å². The number of aromatic nitrogens is 5. The minimum atomic E-state index is -0.236. The Bertz CT molecular complexity index is 1660. The van der Waals surface area contributed by atoms with E-state index in [1.54, 1.807) is 18.5 Å². The molecule has 0 atom stereocenters. The van der Waals surface area contributed by atoms with Crippen molar-refractivity contribution in [2.45, 2.75) is 6.92 Å². The van der Waals surface area contributed by atoms with Crippen molar-refractivity contribution in [2.24, 2.45) is 0 Å². The average molecular weight is 419 g/mol. The third kappa shape index (κ3) is 2.99. The first-order valence-electron chi connectivity index (χ1n) is 10.2. The molecule has 0 saturated carbocycles. The minimum absolute atomic E-state index is 0.236. The molecule has 0 aliphatic heterocycles. The van der Waals surface area contributed by atoms with Crippen molar-refractivity contribution in [1.82, 2.24) is 25.1 Å². The molecule has 7 nitrogen and oxygen atoms in total. The fourth-order valence-corrected chi connectivity index (χ4v) is 3.95. The number of hydrogen-bond acceptors (Lipinski definition) is 5. The van der Waals surface area contributed by atoms with Gasteiger partial charge in [0.05, 0.1) is 16.8 Å². The maximum Gasteiger partial charge on any atom is 0.259 e. The van der Waals surface area contributed by atoms with Gasteiger partial charge >= 0.3 is 0 Å². The molecular formula is C25H17N5O2. The monoisotopic (exact) mass is 419 g/mol. The lowest BCUT2D eigenvalue weighted by atomic mass is 9.99. The molecule has 0 spiro atoms. The SMILES string of the molecule is Cc1ccc(-c2nc3[nH]c(=O)c(-c4ccn[nH]4)cc3cc2-c2ccc3ncccc3c2)o1. The van der Waals surface area contributed by atoms with Gasteiger partial charge in [0.15, 0.2) is 5.76 Å². The topological polar surface area (TPSA) is 100 Å². The highest BCUT2D eigenvalue weighted by Crippen LogP contribution is 2.35. The van der Waals surface area contributed by atoms with E-state index < -0.39 is 0 Å². The van der Waals surface area contributed by atoms with Crippen molar-refractivity contribution >= 4 is 21.9 Å². The summed E-state index contributed by atoms with van der Waals surface area (Å²) in [7, 11) is 0. The largest absolute Gasteiger partial charge is 0.460 e. The van der Waals surface area contributed by atoms with Crippen LogP contribution in [0.15, 0.2) is 82.3 Å². The van der Waals surface area contributed by atoms with Crippen molar-refractivity contribution in [3.8, 4) is 33.8 Å². The molecule has 0 bridgehead atoms. The molecule has 154 valence electrons. The highest BCUT2D eigenvalue weighted by molar-refractivity contribution is 5.93. The van der Waals surface area contributed by atoms with Crippen LogP contribution in [0, 0.1) is 6.92 Å². The fourth-order valence-electron chi connectivity index (χ4n) is 3.95. The number of furan rings is 1. The molecule has 32 heavy (non-hydrogen) atoms. The van der Waals surface area contributed by atoms with Crippen LogP contribution >= 0.6 is 0 Å². The van der Waals surface area contributed by atoms with Gasteiger partial charge in [0.25, 0.3) is 5.56 Å². The highest BCUT2D eigenvalue weighted by atomic mass is 16.3. The summed E-state index contributed by atoms with van der Waals surface area (Å²) in [6.45, 7) is 1.89. The van der Waals surface area contributed by atoms with Gasteiger partial charge in [-0.05, 0) is 61.0 Å². The van der Waals surface area contributed by atoms with Crippen molar-refractivity contribution < 1.29 is 4.42 Å². The van der Waals surface area contributed by atoms with Crippen molar-refractivity contribution in [2.75, 3.05) is 0 Å². The number of rotatable bonds is 3. The van der Waals surface area contributed by atoms with Gasteiger partial charge in [-0.15, -0.1) is 0 Å². The zero-order valence-corrected chi connectivity index (χ0v) is 17.1. The molecular weight excluding hydrogens is 402 g/mol. The Morgan fingerprint density at radius 1 is 0.906 bits per heavy atom. The predicted molar refractivity (Wildman–Crippen MR) is 123 cm³/mol. The molecule has 0 radical (unpaired) electrons. The number of hydrogen-bond donors (Lipinski definition) is 2. The summed E-state index contributed by atoms with van der Waals surface area (Å²) < 4.78 is 5.90. The third-order valence-corrected chi connectivity index (χ3v) is 5.51.